The Kier molecular flexibility index (Phi) is 4.76. The van der Waals surface area contributed by atoms with E-state index in [0.29, 0.717) is 5.56 Å². The number of carbonyl (C=O) groups excluding carboxylic acids is 1. The van der Waals surface area contributed by atoms with E-state index in [9.17, 15) is 14.9 Å². The van der Waals surface area contributed by atoms with Gasteiger partial charge >= 0.3 is 0 Å². The molecule has 0 aliphatic heterocycles. The molecule has 0 unspecified atom stereocenters. The molecular weight excluding hydrogens is 270 g/mol. The summed E-state index contributed by atoms with van der Waals surface area (Å²) >= 11 is 0. The number of nitro benzene ring substituents is 1. The molecule has 2 rings (SSSR count). The Morgan fingerprint density at radius 1 is 1.14 bits per heavy atom. The molecule has 1 amide bonds. The van der Waals surface area contributed by atoms with Crippen molar-refractivity contribution in [3.63, 3.8) is 0 Å². The van der Waals surface area contributed by atoms with Crippen molar-refractivity contribution in [1.82, 2.24) is 5.43 Å². The average Bonchev–Trinajstić information content (AvgIpc) is 2.48. The van der Waals surface area contributed by atoms with E-state index in [2.05, 4.69) is 10.5 Å². The molecule has 0 aliphatic rings. The lowest BCUT2D eigenvalue weighted by molar-refractivity contribution is -0.385. The third-order valence-electron chi connectivity index (χ3n) is 2.74. The van der Waals surface area contributed by atoms with Crippen molar-refractivity contribution in [1.29, 1.82) is 0 Å². The van der Waals surface area contributed by atoms with E-state index in [4.69, 9.17) is 0 Å². The zero-order valence-electron chi connectivity index (χ0n) is 11.1. The summed E-state index contributed by atoms with van der Waals surface area (Å²) in [6.45, 7) is 0. The maximum Gasteiger partial charge on any atom is 0.273 e. The minimum Gasteiger partial charge on any atom is -0.273 e. The topological polar surface area (TPSA) is 84.6 Å². The lowest BCUT2D eigenvalue weighted by atomic mass is 10.1. The zero-order chi connectivity index (χ0) is 15.1. The first-order valence-corrected chi connectivity index (χ1v) is 6.26. The number of carbonyl (C=O) groups is 1. The summed E-state index contributed by atoms with van der Waals surface area (Å²) in [7, 11) is 0. The lowest BCUT2D eigenvalue weighted by Crippen LogP contribution is -2.20. The Morgan fingerprint density at radius 3 is 2.52 bits per heavy atom. The predicted molar refractivity (Wildman–Crippen MR) is 79.0 cm³/mol. The quantitative estimate of drug-likeness (QED) is 0.519. The molecule has 0 radical (unpaired) electrons. The summed E-state index contributed by atoms with van der Waals surface area (Å²) in [5.74, 6) is -0.406. The van der Waals surface area contributed by atoms with Crippen LogP contribution in [0.2, 0.25) is 0 Å². The van der Waals surface area contributed by atoms with E-state index in [-0.39, 0.29) is 12.1 Å². The van der Waals surface area contributed by atoms with Gasteiger partial charge < -0.3 is 0 Å². The van der Waals surface area contributed by atoms with Gasteiger partial charge in [0.2, 0.25) is 5.91 Å². The van der Waals surface area contributed by atoms with E-state index >= 15 is 0 Å². The second-order valence-corrected chi connectivity index (χ2v) is 4.27. The Morgan fingerprint density at radius 2 is 1.81 bits per heavy atom. The number of hydrazone groups is 1. The van der Waals surface area contributed by atoms with Crippen LogP contribution >= 0.6 is 0 Å². The fourth-order valence-corrected chi connectivity index (χ4v) is 1.77. The molecule has 21 heavy (non-hydrogen) atoms. The molecule has 6 nitrogen and oxygen atoms in total. The van der Waals surface area contributed by atoms with Crippen LogP contribution in [-0.4, -0.2) is 17.0 Å². The number of hydrogen-bond acceptors (Lipinski definition) is 4. The summed E-state index contributed by atoms with van der Waals surface area (Å²) in [4.78, 5) is 22.1. The minimum atomic E-state index is -0.504. The normalized spacial score (nSPS) is 10.5. The number of nitrogens with one attached hydrogen (secondary N) is 1. The first-order chi connectivity index (χ1) is 10.2. The van der Waals surface area contributed by atoms with Crippen molar-refractivity contribution in [2.45, 2.75) is 6.42 Å². The van der Waals surface area contributed by atoms with Gasteiger partial charge in [0.15, 0.2) is 0 Å². The van der Waals surface area contributed by atoms with Crippen molar-refractivity contribution < 1.29 is 9.72 Å². The maximum atomic E-state index is 11.7. The standard InChI is InChI=1S/C15H13N3O3/c19-15(17-16-11-12-6-2-1-3-7-12)10-13-8-4-5-9-14(13)18(20)21/h1-9,11H,10H2,(H,17,19). The van der Waals surface area contributed by atoms with Crippen LogP contribution in [-0.2, 0) is 11.2 Å². The monoisotopic (exact) mass is 283 g/mol. The number of rotatable bonds is 5. The molecule has 0 aromatic heterocycles. The van der Waals surface area contributed by atoms with Crippen molar-refractivity contribution in [2.24, 2.45) is 5.10 Å². The molecule has 0 aliphatic carbocycles. The molecule has 0 fully saturated rings. The second-order valence-electron chi connectivity index (χ2n) is 4.27. The molecule has 0 bridgehead atoms. The third kappa shape index (κ3) is 4.24. The van der Waals surface area contributed by atoms with Crippen LogP contribution in [0.5, 0.6) is 0 Å². The number of amides is 1. The van der Waals surface area contributed by atoms with Crippen molar-refractivity contribution >= 4 is 17.8 Å². The van der Waals surface area contributed by atoms with Gasteiger partial charge in [0.25, 0.3) is 5.69 Å². The molecular formula is C15H13N3O3. The summed E-state index contributed by atoms with van der Waals surface area (Å²) in [6.07, 6.45) is 1.42. The van der Waals surface area contributed by atoms with Crippen LogP contribution < -0.4 is 5.43 Å². The third-order valence-corrected chi connectivity index (χ3v) is 2.74. The highest BCUT2D eigenvalue weighted by Crippen LogP contribution is 2.17. The maximum absolute atomic E-state index is 11.7. The molecule has 0 saturated carbocycles. The highest BCUT2D eigenvalue weighted by Gasteiger charge is 2.14. The van der Waals surface area contributed by atoms with Gasteiger partial charge in [0.1, 0.15) is 0 Å². The molecule has 6 heteroatoms. The van der Waals surface area contributed by atoms with Gasteiger partial charge in [0, 0.05) is 11.6 Å². The first kappa shape index (κ1) is 14.4. The molecule has 1 N–H and O–H groups in total. The van der Waals surface area contributed by atoms with E-state index < -0.39 is 10.8 Å². The van der Waals surface area contributed by atoms with Gasteiger partial charge in [-0.05, 0) is 5.56 Å². The Balaban J connectivity index is 1.97. The smallest absolute Gasteiger partial charge is 0.273 e. The van der Waals surface area contributed by atoms with Crippen LogP contribution in [0.1, 0.15) is 11.1 Å². The fourth-order valence-electron chi connectivity index (χ4n) is 1.77. The second kappa shape index (κ2) is 6.95. The van der Waals surface area contributed by atoms with Crippen LogP contribution in [0.3, 0.4) is 0 Å². The number of para-hydroxylation sites is 1. The zero-order valence-corrected chi connectivity index (χ0v) is 11.1. The van der Waals surface area contributed by atoms with E-state index in [1.54, 1.807) is 18.2 Å². The Hall–Kier alpha value is -3.02. The highest BCUT2D eigenvalue weighted by atomic mass is 16.6. The highest BCUT2D eigenvalue weighted by molar-refractivity contribution is 5.83. The van der Waals surface area contributed by atoms with Crippen LogP contribution in [0, 0.1) is 10.1 Å². The van der Waals surface area contributed by atoms with Gasteiger partial charge in [-0.2, -0.15) is 5.10 Å². The Bertz CT molecular complexity index is 669. The molecule has 0 spiro atoms. The molecule has 2 aromatic carbocycles. The summed E-state index contributed by atoms with van der Waals surface area (Å²) in [5.41, 5.74) is 3.49. The molecule has 0 saturated heterocycles. The van der Waals surface area contributed by atoms with E-state index in [1.807, 2.05) is 30.3 Å². The van der Waals surface area contributed by atoms with Crippen LogP contribution in [0.15, 0.2) is 59.7 Å². The first-order valence-electron chi connectivity index (χ1n) is 6.26. The summed E-state index contributed by atoms with van der Waals surface area (Å²) in [6, 6.07) is 15.4. The van der Waals surface area contributed by atoms with Crippen molar-refractivity contribution in [3.8, 4) is 0 Å². The Labute approximate surface area is 121 Å². The van der Waals surface area contributed by atoms with Crippen molar-refractivity contribution in [2.75, 3.05) is 0 Å². The SMILES string of the molecule is O=C(Cc1ccccc1[N+](=O)[O-])NN=Cc1ccccc1. The predicted octanol–water partition coefficient (Wildman–Crippen LogP) is 2.29. The van der Waals surface area contributed by atoms with Gasteiger partial charge in [0.05, 0.1) is 17.6 Å². The van der Waals surface area contributed by atoms with E-state index in [0.717, 1.165) is 5.56 Å². The average molecular weight is 283 g/mol. The van der Waals surface area contributed by atoms with Crippen LogP contribution in [0.4, 0.5) is 5.69 Å². The number of hydrogen-bond donors (Lipinski definition) is 1. The largest absolute Gasteiger partial charge is 0.273 e. The van der Waals surface area contributed by atoms with Gasteiger partial charge in [-0.15, -0.1) is 0 Å². The van der Waals surface area contributed by atoms with E-state index in [1.165, 1.54) is 12.3 Å². The van der Waals surface area contributed by atoms with Crippen LogP contribution in [0.25, 0.3) is 0 Å². The molecule has 2 aromatic rings. The molecule has 106 valence electrons. The van der Waals surface area contributed by atoms with Gasteiger partial charge in [-0.3, -0.25) is 14.9 Å². The van der Waals surface area contributed by atoms with Crippen molar-refractivity contribution in [3.05, 3.63) is 75.8 Å². The fraction of sp³-hybridized carbons (Fsp3) is 0.0667. The number of nitro groups is 1. The summed E-state index contributed by atoms with van der Waals surface area (Å²) < 4.78 is 0. The minimum absolute atomic E-state index is 0.0697. The lowest BCUT2D eigenvalue weighted by Gasteiger charge is -2.01. The van der Waals surface area contributed by atoms with Gasteiger partial charge in [-0.25, -0.2) is 5.43 Å². The number of nitrogens with zero attached hydrogens (tertiary/aromatic N) is 2. The van der Waals surface area contributed by atoms with Gasteiger partial charge in [-0.1, -0.05) is 48.5 Å². The number of benzene rings is 2. The molecule has 0 atom stereocenters. The summed E-state index contributed by atoms with van der Waals surface area (Å²) in [5, 5.41) is 14.7. The molecule has 0 heterocycles.